The third kappa shape index (κ3) is 4.50. The molecular weight excluding hydrogens is 500 g/mol. The number of rotatable bonds is 7. The largest absolute Gasteiger partial charge is 0.489 e. The molecule has 0 saturated heterocycles. The van der Waals surface area contributed by atoms with Crippen LogP contribution in [-0.4, -0.2) is 28.5 Å². The zero-order valence-electron chi connectivity index (χ0n) is 21.9. The molecule has 0 amide bonds. The molecule has 38 heavy (non-hydrogen) atoms. The van der Waals surface area contributed by atoms with Gasteiger partial charge in [0.15, 0.2) is 5.69 Å². The summed E-state index contributed by atoms with van der Waals surface area (Å²) in [5.41, 5.74) is 7.67. The Morgan fingerprint density at radius 1 is 0.868 bits per heavy atom. The number of aryl methyl sites for hydroxylation is 3. The van der Waals surface area contributed by atoms with E-state index >= 15 is 0 Å². The van der Waals surface area contributed by atoms with E-state index in [1.54, 1.807) is 24.3 Å². The second kappa shape index (κ2) is 9.90. The summed E-state index contributed by atoms with van der Waals surface area (Å²) < 4.78 is 39.7. The van der Waals surface area contributed by atoms with Gasteiger partial charge in [0.2, 0.25) is 14.9 Å². The van der Waals surface area contributed by atoms with Crippen LogP contribution in [0.25, 0.3) is 16.9 Å². The van der Waals surface area contributed by atoms with Gasteiger partial charge >= 0.3 is 0 Å². The minimum Gasteiger partial charge on any atom is -0.489 e. The number of nitrogens with zero attached hydrogens (tertiary/aromatic N) is 4. The van der Waals surface area contributed by atoms with Gasteiger partial charge in [-0.25, -0.2) is 17.7 Å². The highest BCUT2D eigenvalue weighted by atomic mass is 32.2. The lowest BCUT2D eigenvalue weighted by atomic mass is 10.0. The molecule has 2 heterocycles. The first kappa shape index (κ1) is 25.4. The molecule has 8 nitrogen and oxygen atoms in total. The first-order valence-electron chi connectivity index (χ1n) is 12.2. The van der Waals surface area contributed by atoms with Crippen LogP contribution in [0.15, 0.2) is 81.3 Å². The molecule has 5 aromatic rings. The summed E-state index contributed by atoms with van der Waals surface area (Å²) in [6, 6.07) is 19.7. The van der Waals surface area contributed by atoms with E-state index in [2.05, 4.69) is 29.3 Å². The highest BCUT2D eigenvalue weighted by molar-refractivity contribution is 7.91. The standard InChI is InChI=1S/C29H28N4O4S/c1-18-10-9-13-25(28-29(32-37-31-28)38(34,35)24-11-7-6-8-12-24)26(18)17-36-27-15-14-23(16-19(27)2)33-22(5)20(3)21(4)30-33/h6-16H,17H2,1-5H3. The normalized spacial score (nSPS) is 11.6. The smallest absolute Gasteiger partial charge is 0.231 e. The summed E-state index contributed by atoms with van der Waals surface area (Å²) in [6.45, 7) is 10.3. The van der Waals surface area contributed by atoms with Crippen molar-refractivity contribution in [2.45, 2.75) is 51.1 Å². The quantitative estimate of drug-likeness (QED) is 0.260. The lowest BCUT2D eigenvalue weighted by Crippen LogP contribution is -2.07. The van der Waals surface area contributed by atoms with Gasteiger partial charge in [0.25, 0.3) is 0 Å². The summed E-state index contributed by atoms with van der Waals surface area (Å²) in [5, 5.41) is 12.2. The molecule has 9 heteroatoms. The van der Waals surface area contributed by atoms with E-state index in [1.807, 2.05) is 55.8 Å². The van der Waals surface area contributed by atoms with Gasteiger partial charge in [0.05, 0.1) is 16.3 Å². The molecule has 0 radical (unpaired) electrons. The molecule has 0 aliphatic carbocycles. The molecule has 0 fully saturated rings. The van der Waals surface area contributed by atoms with Crippen molar-refractivity contribution >= 4 is 9.84 Å². The SMILES string of the molecule is Cc1cc(-n2nc(C)c(C)c2C)ccc1OCc1c(C)cccc1-c1nonc1S(=O)(=O)c1ccccc1. The van der Waals surface area contributed by atoms with E-state index in [0.29, 0.717) is 5.56 Å². The summed E-state index contributed by atoms with van der Waals surface area (Å²) in [5.74, 6) is 0.719. The molecule has 0 saturated carbocycles. The lowest BCUT2D eigenvalue weighted by molar-refractivity contribution is 0.297. The topological polar surface area (TPSA) is 100 Å². The van der Waals surface area contributed by atoms with Crippen molar-refractivity contribution in [3.05, 3.63) is 100 Å². The molecular formula is C29H28N4O4S. The van der Waals surface area contributed by atoms with Crippen LogP contribution in [0.2, 0.25) is 0 Å². The summed E-state index contributed by atoms with van der Waals surface area (Å²) >= 11 is 0. The van der Waals surface area contributed by atoms with E-state index in [9.17, 15) is 8.42 Å². The molecule has 0 N–H and O–H groups in total. The highest BCUT2D eigenvalue weighted by Crippen LogP contribution is 2.33. The third-order valence-corrected chi connectivity index (χ3v) is 8.53. The van der Waals surface area contributed by atoms with Gasteiger partial charge in [0.1, 0.15) is 12.4 Å². The Morgan fingerprint density at radius 2 is 1.63 bits per heavy atom. The van der Waals surface area contributed by atoms with Crippen LogP contribution < -0.4 is 4.74 Å². The van der Waals surface area contributed by atoms with E-state index in [0.717, 1.165) is 39.5 Å². The van der Waals surface area contributed by atoms with Crippen LogP contribution in [0, 0.1) is 34.6 Å². The van der Waals surface area contributed by atoms with Gasteiger partial charge in [-0.3, -0.25) is 0 Å². The number of hydrogen-bond acceptors (Lipinski definition) is 7. The van der Waals surface area contributed by atoms with Crippen LogP contribution in [0.3, 0.4) is 0 Å². The molecule has 0 atom stereocenters. The Morgan fingerprint density at radius 3 is 2.32 bits per heavy atom. The van der Waals surface area contributed by atoms with Crippen LogP contribution in [0.1, 0.15) is 33.6 Å². The molecule has 0 unspecified atom stereocenters. The number of sulfone groups is 1. The molecule has 194 valence electrons. The van der Waals surface area contributed by atoms with Gasteiger partial charge in [-0.15, -0.1) is 0 Å². The average molecular weight is 529 g/mol. The Labute approximate surface area is 221 Å². The Kier molecular flexibility index (Phi) is 6.62. The lowest BCUT2D eigenvalue weighted by Gasteiger charge is -2.15. The van der Waals surface area contributed by atoms with E-state index in [1.165, 1.54) is 17.7 Å². The van der Waals surface area contributed by atoms with Gasteiger partial charge < -0.3 is 4.74 Å². The first-order chi connectivity index (χ1) is 18.2. The average Bonchev–Trinajstić information content (AvgIpc) is 3.50. The highest BCUT2D eigenvalue weighted by Gasteiger charge is 2.29. The van der Waals surface area contributed by atoms with Crippen molar-refractivity contribution in [3.63, 3.8) is 0 Å². The molecule has 5 rings (SSSR count). The molecule has 2 aromatic heterocycles. The van der Waals surface area contributed by atoms with Gasteiger partial charge in [-0.2, -0.15) is 5.10 Å². The summed E-state index contributed by atoms with van der Waals surface area (Å²) in [4.78, 5) is 0.121. The van der Waals surface area contributed by atoms with Crippen molar-refractivity contribution in [2.75, 3.05) is 0 Å². The first-order valence-corrected chi connectivity index (χ1v) is 13.6. The van der Waals surface area contributed by atoms with E-state index in [4.69, 9.17) is 9.37 Å². The molecule has 0 aliphatic rings. The number of aromatic nitrogens is 4. The minimum atomic E-state index is -3.93. The van der Waals surface area contributed by atoms with Crippen molar-refractivity contribution in [1.82, 2.24) is 20.1 Å². The second-order valence-corrected chi connectivity index (χ2v) is 11.1. The molecule has 0 aliphatic heterocycles. The maximum absolute atomic E-state index is 13.3. The molecule has 0 bridgehead atoms. The third-order valence-electron chi connectivity index (χ3n) is 6.86. The number of hydrogen-bond donors (Lipinski definition) is 0. The van der Waals surface area contributed by atoms with E-state index in [-0.39, 0.29) is 22.2 Å². The van der Waals surface area contributed by atoms with Crippen molar-refractivity contribution < 1.29 is 17.8 Å². The van der Waals surface area contributed by atoms with E-state index < -0.39 is 9.84 Å². The predicted octanol–water partition coefficient (Wildman–Crippen LogP) is 5.88. The Hall–Kier alpha value is -4.24. The zero-order chi connectivity index (χ0) is 27.0. The van der Waals surface area contributed by atoms with Crippen molar-refractivity contribution in [1.29, 1.82) is 0 Å². The predicted molar refractivity (Wildman–Crippen MR) is 143 cm³/mol. The Balaban J connectivity index is 1.46. The maximum atomic E-state index is 13.3. The van der Waals surface area contributed by atoms with Crippen LogP contribution in [0.4, 0.5) is 0 Å². The van der Waals surface area contributed by atoms with Crippen molar-refractivity contribution in [2.24, 2.45) is 0 Å². The fourth-order valence-corrected chi connectivity index (χ4v) is 5.67. The fourth-order valence-electron chi connectivity index (χ4n) is 4.40. The molecule has 3 aromatic carbocycles. The number of benzene rings is 3. The number of ether oxygens (including phenoxy) is 1. The summed E-state index contributed by atoms with van der Waals surface area (Å²) in [7, 11) is -3.93. The maximum Gasteiger partial charge on any atom is 0.231 e. The monoisotopic (exact) mass is 528 g/mol. The zero-order valence-corrected chi connectivity index (χ0v) is 22.7. The van der Waals surface area contributed by atoms with Crippen LogP contribution in [-0.2, 0) is 16.4 Å². The van der Waals surface area contributed by atoms with Gasteiger partial charge in [0, 0.05) is 16.8 Å². The van der Waals surface area contributed by atoms with Crippen molar-refractivity contribution in [3.8, 4) is 22.7 Å². The van der Waals surface area contributed by atoms with Gasteiger partial charge in [-0.1, -0.05) is 36.4 Å². The summed E-state index contributed by atoms with van der Waals surface area (Å²) in [6.07, 6.45) is 0. The Bertz CT molecular complexity index is 1740. The minimum absolute atomic E-state index is 0.121. The fraction of sp³-hybridized carbons (Fsp3) is 0.207. The molecule has 0 spiro atoms. The van der Waals surface area contributed by atoms with Crippen LogP contribution in [0.5, 0.6) is 5.75 Å². The second-order valence-electron chi connectivity index (χ2n) is 9.28. The van der Waals surface area contributed by atoms with Crippen LogP contribution >= 0.6 is 0 Å². The van der Waals surface area contributed by atoms with Gasteiger partial charge in [-0.05, 0) is 92.0 Å².